The van der Waals surface area contributed by atoms with Gasteiger partial charge in [0.1, 0.15) is 5.75 Å². The number of aliphatic hydroxyl groups excluding tert-OH is 1. The average molecular weight is 249 g/mol. The first-order chi connectivity index (χ1) is 8.61. The van der Waals surface area contributed by atoms with Gasteiger partial charge in [-0.2, -0.15) is 0 Å². The molecule has 0 saturated carbocycles. The number of aliphatic hydroxyl groups is 1. The summed E-state index contributed by atoms with van der Waals surface area (Å²) in [5, 5.41) is 9.50. The maximum absolute atomic E-state index is 12.3. The third kappa shape index (κ3) is 2.71. The lowest BCUT2D eigenvalue weighted by atomic mass is 10.0. The Kier molecular flexibility index (Phi) is 3.99. The summed E-state index contributed by atoms with van der Waals surface area (Å²) >= 11 is 0. The molecular formula is C14H19NO3. The van der Waals surface area contributed by atoms with Crippen LogP contribution in [0.25, 0.3) is 0 Å². The number of hydrogen-bond donors (Lipinski definition) is 1. The van der Waals surface area contributed by atoms with Gasteiger partial charge < -0.3 is 9.84 Å². The van der Waals surface area contributed by atoms with Crippen LogP contribution in [0.5, 0.6) is 5.75 Å². The molecule has 1 fully saturated rings. The van der Waals surface area contributed by atoms with E-state index in [0.717, 1.165) is 18.7 Å². The summed E-state index contributed by atoms with van der Waals surface area (Å²) in [5.41, 5.74) is 0.685. The van der Waals surface area contributed by atoms with Gasteiger partial charge in [-0.1, -0.05) is 0 Å². The first kappa shape index (κ1) is 13.1. The zero-order valence-electron chi connectivity index (χ0n) is 10.8. The Labute approximate surface area is 107 Å². The molecule has 1 aliphatic heterocycles. The van der Waals surface area contributed by atoms with Crippen LogP contribution in [0.3, 0.4) is 0 Å². The van der Waals surface area contributed by atoms with E-state index in [1.165, 1.54) is 0 Å². The molecule has 98 valence electrons. The van der Waals surface area contributed by atoms with Gasteiger partial charge in [0.25, 0.3) is 0 Å². The topological polar surface area (TPSA) is 49.8 Å². The first-order valence-electron chi connectivity index (χ1n) is 6.22. The minimum atomic E-state index is -0.295. The van der Waals surface area contributed by atoms with Crippen LogP contribution in [-0.4, -0.2) is 48.1 Å². The van der Waals surface area contributed by atoms with E-state index in [2.05, 4.69) is 0 Å². The van der Waals surface area contributed by atoms with E-state index < -0.39 is 0 Å². The van der Waals surface area contributed by atoms with Gasteiger partial charge in [-0.3, -0.25) is 9.69 Å². The van der Waals surface area contributed by atoms with Gasteiger partial charge >= 0.3 is 0 Å². The standard InChI is InChI=1S/C14H19NO3/c1-10(15-8-7-12(16)9-15)14(17)11-3-5-13(18-2)6-4-11/h3-6,10,12,16H,7-9H2,1-2H3. The normalized spacial score (nSPS) is 21.8. The van der Waals surface area contributed by atoms with Crippen LogP contribution in [0.15, 0.2) is 24.3 Å². The minimum Gasteiger partial charge on any atom is -0.497 e. The summed E-state index contributed by atoms with van der Waals surface area (Å²) in [6.07, 6.45) is 0.455. The van der Waals surface area contributed by atoms with Crippen molar-refractivity contribution >= 4 is 5.78 Å². The lowest BCUT2D eigenvalue weighted by Crippen LogP contribution is -2.37. The zero-order valence-corrected chi connectivity index (χ0v) is 10.8. The van der Waals surface area contributed by atoms with Crippen molar-refractivity contribution in [3.63, 3.8) is 0 Å². The summed E-state index contributed by atoms with van der Waals surface area (Å²) in [6.45, 7) is 3.26. The van der Waals surface area contributed by atoms with Crippen LogP contribution >= 0.6 is 0 Å². The predicted molar refractivity (Wildman–Crippen MR) is 69.0 cm³/mol. The number of Topliss-reactive ketones (excluding diaryl/α,β-unsaturated/α-hetero) is 1. The fourth-order valence-corrected chi connectivity index (χ4v) is 2.28. The van der Waals surface area contributed by atoms with E-state index in [-0.39, 0.29) is 17.9 Å². The molecule has 0 amide bonds. The van der Waals surface area contributed by atoms with Gasteiger partial charge in [0.05, 0.1) is 19.3 Å². The molecule has 1 aromatic carbocycles. The monoisotopic (exact) mass is 249 g/mol. The van der Waals surface area contributed by atoms with Gasteiger partial charge in [-0.05, 0) is 37.6 Å². The number of β-amino-alcohol motifs (C(OH)–C–C–N with tert-alkyl or cyclic N) is 1. The molecule has 1 aromatic rings. The number of nitrogens with zero attached hydrogens (tertiary/aromatic N) is 1. The van der Waals surface area contributed by atoms with E-state index in [1.54, 1.807) is 31.4 Å². The van der Waals surface area contributed by atoms with E-state index in [4.69, 9.17) is 4.74 Å². The van der Waals surface area contributed by atoms with E-state index in [0.29, 0.717) is 12.1 Å². The third-order valence-corrected chi connectivity index (χ3v) is 3.50. The second kappa shape index (κ2) is 5.50. The molecule has 18 heavy (non-hydrogen) atoms. The summed E-state index contributed by atoms with van der Waals surface area (Å²) in [6, 6.07) is 6.96. The summed E-state index contributed by atoms with van der Waals surface area (Å²) in [7, 11) is 1.60. The number of ether oxygens (including phenoxy) is 1. The first-order valence-corrected chi connectivity index (χ1v) is 6.22. The highest BCUT2D eigenvalue weighted by Crippen LogP contribution is 2.18. The molecule has 1 saturated heterocycles. The van der Waals surface area contributed by atoms with Crippen LogP contribution in [0.4, 0.5) is 0 Å². The van der Waals surface area contributed by atoms with Crippen LogP contribution in [0.1, 0.15) is 23.7 Å². The van der Waals surface area contributed by atoms with Crippen LogP contribution in [0, 0.1) is 0 Å². The lowest BCUT2D eigenvalue weighted by molar-refractivity contribution is 0.0847. The molecule has 1 N–H and O–H groups in total. The maximum atomic E-state index is 12.3. The van der Waals surface area contributed by atoms with Crippen LogP contribution < -0.4 is 4.74 Å². The fourth-order valence-electron chi connectivity index (χ4n) is 2.28. The van der Waals surface area contributed by atoms with Gasteiger partial charge in [-0.15, -0.1) is 0 Å². The number of methoxy groups -OCH3 is 1. The number of benzene rings is 1. The average Bonchev–Trinajstić information content (AvgIpc) is 2.84. The number of hydrogen-bond acceptors (Lipinski definition) is 4. The van der Waals surface area contributed by atoms with Crippen molar-refractivity contribution in [3.8, 4) is 5.75 Å². The van der Waals surface area contributed by atoms with Crippen molar-refractivity contribution in [1.82, 2.24) is 4.90 Å². The Morgan fingerprint density at radius 1 is 1.44 bits per heavy atom. The molecule has 1 heterocycles. The molecule has 0 aromatic heterocycles. The van der Waals surface area contributed by atoms with E-state index in [9.17, 15) is 9.90 Å². The molecule has 2 atom stereocenters. The predicted octanol–water partition coefficient (Wildman–Crippen LogP) is 1.33. The zero-order chi connectivity index (χ0) is 13.1. The number of rotatable bonds is 4. The Morgan fingerprint density at radius 3 is 2.61 bits per heavy atom. The van der Waals surface area contributed by atoms with Crippen molar-refractivity contribution in [1.29, 1.82) is 0 Å². The molecule has 0 radical (unpaired) electrons. The van der Waals surface area contributed by atoms with Crippen molar-refractivity contribution in [3.05, 3.63) is 29.8 Å². The van der Waals surface area contributed by atoms with Crippen molar-refractivity contribution in [2.24, 2.45) is 0 Å². The summed E-state index contributed by atoms with van der Waals surface area (Å²) in [5.74, 6) is 0.836. The molecule has 4 nitrogen and oxygen atoms in total. The molecule has 2 unspecified atom stereocenters. The van der Waals surface area contributed by atoms with E-state index >= 15 is 0 Å². The van der Waals surface area contributed by atoms with Crippen molar-refractivity contribution < 1.29 is 14.6 Å². The maximum Gasteiger partial charge on any atom is 0.179 e. The quantitative estimate of drug-likeness (QED) is 0.818. The summed E-state index contributed by atoms with van der Waals surface area (Å²) < 4.78 is 5.07. The highest BCUT2D eigenvalue weighted by Gasteiger charge is 2.28. The number of ketones is 1. The SMILES string of the molecule is COc1ccc(C(=O)C(C)N2CCC(O)C2)cc1. The summed E-state index contributed by atoms with van der Waals surface area (Å²) in [4.78, 5) is 14.3. The van der Waals surface area contributed by atoms with Crippen molar-refractivity contribution in [2.45, 2.75) is 25.5 Å². The molecule has 0 bridgehead atoms. The van der Waals surface area contributed by atoms with Gasteiger partial charge in [0.2, 0.25) is 0 Å². The van der Waals surface area contributed by atoms with Crippen LogP contribution in [0.2, 0.25) is 0 Å². The smallest absolute Gasteiger partial charge is 0.179 e. The van der Waals surface area contributed by atoms with Gasteiger partial charge in [0, 0.05) is 18.7 Å². The molecule has 2 rings (SSSR count). The molecule has 0 aliphatic carbocycles. The third-order valence-electron chi connectivity index (χ3n) is 3.50. The highest BCUT2D eigenvalue weighted by atomic mass is 16.5. The van der Waals surface area contributed by atoms with E-state index in [1.807, 2.05) is 11.8 Å². The largest absolute Gasteiger partial charge is 0.497 e. The Morgan fingerprint density at radius 2 is 2.11 bits per heavy atom. The van der Waals surface area contributed by atoms with Gasteiger partial charge in [0.15, 0.2) is 5.78 Å². The molecule has 0 spiro atoms. The molecular weight excluding hydrogens is 230 g/mol. The Hall–Kier alpha value is -1.39. The number of likely N-dealkylation sites (tertiary alicyclic amines) is 1. The molecule has 1 aliphatic rings. The molecule has 4 heteroatoms. The Bertz CT molecular complexity index is 416. The van der Waals surface area contributed by atoms with Crippen LogP contribution in [-0.2, 0) is 0 Å². The fraction of sp³-hybridized carbons (Fsp3) is 0.500. The van der Waals surface area contributed by atoms with Gasteiger partial charge in [-0.25, -0.2) is 0 Å². The number of carbonyl (C=O) groups excluding carboxylic acids is 1. The second-order valence-corrected chi connectivity index (χ2v) is 4.71. The van der Waals surface area contributed by atoms with Crippen molar-refractivity contribution in [2.75, 3.05) is 20.2 Å². The number of carbonyl (C=O) groups is 1. The lowest BCUT2D eigenvalue weighted by Gasteiger charge is -2.22. The highest BCUT2D eigenvalue weighted by molar-refractivity contribution is 5.99. The second-order valence-electron chi connectivity index (χ2n) is 4.71. The minimum absolute atomic E-state index is 0.0896. The Balaban J connectivity index is 2.05.